The highest BCUT2D eigenvalue weighted by molar-refractivity contribution is 6.24. The number of carboxylic acids is 1. The predicted molar refractivity (Wildman–Crippen MR) is 217 cm³/mol. The molecule has 2 aliphatic rings. The molecule has 12 heteroatoms. The van der Waals surface area contributed by atoms with E-state index in [9.17, 15) is 14.7 Å². The van der Waals surface area contributed by atoms with Gasteiger partial charge in [-0.25, -0.2) is 9.78 Å². The van der Waals surface area contributed by atoms with Gasteiger partial charge in [-0.05, 0) is 74.1 Å². The predicted octanol–water partition coefficient (Wildman–Crippen LogP) is 7.15. The van der Waals surface area contributed by atoms with Gasteiger partial charge in [-0.3, -0.25) is 9.78 Å². The summed E-state index contributed by atoms with van der Waals surface area (Å²) in [5.41, 5.74) is 11.5. The van der Waals surface area contributed by atoms with Crippen molar-refractivity contribution in [2.75, 3.05) is 67.0 Å². The molecule has 0 unspecified atom stereocenters. The smallest absolute Gasteiger partial charge is 0.338 e. The van der Waals surface area contributed by atoms with Gasteiger partial charge in [0.25, 0.3) is 0 Å². The number of likely N-dealkylation sites (N-methyl/N-ethyl adjacent to an activating group) is 1. The molecule has 0 aromatic carbocycles. The van der Waals surface area contributed by atoms with Gasteiger partial charge in [-0.1, -0.05) is 33.4 Å². The number of amides is 1. The molecular weight excluding hydrogens is 699 g/mol. The number of methoxy groups -OCH3 is 1. The number of carbonyl (C=O) groups is 2. The minimum absolute atomic E-state index is 0.00337. The van der Waals surface area contributed by atoms with Crippen molar-refractivity contribution in [1.29, 1.82) is 0 Å². The van der Waals surface area contributed by atoms with Crippen molar-refractivity contribution in [3.05, 3.63) is 75.4 Å². The first kappa shape index (κ1) is 41.5. The molecular formula is C43H57N5O7. The van der Waals surface area contributed by atoms with Gasteiger partial charge < -0.3 is 38.9 Å². The average molecular weight is 756 g/mol. The van der Waals surface area contributed by atoms with Crippen LogP contribution in [0.3, 0.4) is 0 Å². The summed E-state index contributed by atoms with van der Waals surface area (Å²) >= 11 is 0. The first-order chi connectivity index (χ1) is 26.4. The quantitative estimate of drug-likeness (QED) is 0.115. The second kappa shape index (κ2) is 18.8. The number of fused-ring (bicyclic) bond motifs is 8. The van der Waals surface area contributed by atoms with Crippen LogP contribution in [0.15, 0.2) is 24.8 Å². The standard InChI is InChI=1S/C43H57N5O7/c1-10-29-25(4)33-22-35-27(6)31(12-3)41(46-35)32(21-39(49)48(8)13-14-53-17-18-55-20-19-54-16-15-52-9)42-40(43(50)51)28(7)36(47-42)24-38-30(11-2)26(5)34(45-38)23-37(29)44-33/h10,22-24,27,31,44-45H,1,11-21H2,2-9H3,(H,50,51)/t27-,31-/m0/s1. The fourth-order valence-corrected chi connectivity index (χ4v) is 7.55. The molecule has 0 radical (unpaired) electrons. The fourth-order valence-electron chi connectivity index (χ4n) is 7.55. The van der Waals surface area contributed by atoms with Crippen molar-refractivity contribution in [3.63, 3.8) is 0 Å². The van der Waals surface area contributed by atoms with Crippen LogP contribution in [0, 0.1) is 13.8 Å². The van der Waals surface area contributed by atoms with Crippen LogP contribution in [0.2, 0.25) is 0 Å². The Morgan fingerprint density at radius 1 is 0.873 bits per heavy atom. The van der Waals surface area contributed by atoms with Crippen LogP contribution in [0.5, 0.6) is 0 Å². The van der Waals surface area contributed by atoms with E-state index in [4.69, 9.17) is 28.9 Å². The van der Waals surface area contributed by atoms with Gasteiger partial charge in [0, 0.05) is 71.4 Å². The minimum Gasteiger partial charge on any atom is -0.478 e. The SMILES string of the molecule is C=Cc1c(C)c2cc3nc(c(CC(=O)N(C)CCOCCOCCOCCOC)c4nc(cc5[nH]c(cc1[nH]2)c(C)c5CC)C(C)=C4C(=O)O)[C@@H](CC)[C@@H]3C. The van der Waals surface area contributed by atoms with E-state index in [-0.39, 0.29) is 35.4 Å². The van der Waals surface area contributed by atoms with Crippen molar-refractivity contribution in [2.24, 2.45) is 0 Å². The molecule has 5 heterocycles. The number of ether oxygens (including phenoxy) is 4. The number of nitrogens with zero attached hydrogens (tertiary/aromatic N) is 3. The number of H-pyrrole nitrogens is 2. The monoisotopic (exact) mass is 755 g/mol. The van der Waals surface area contributed by atoms with E-state index < -0.39 is 5.97 Å². The maximum absolute atomic E-state index is 14.0. The molecule has 0 saturated heterocycles. The van der Waals surface area contributed by atoms with Gasteiger partial charge in [0.2, 0.25) is 5.91 Å². The maximum Gasteiger partial charge on any atom is 0.338 e. The lowest BCUT2D eigenvalue weighted by Crippen LogP contribution is -2.32. The van der Waals surface area contributed by atoms with Crippen molar-refractivity contribution in [3.8, 4) is 0 Å². The van der Waals surface area contributed by atoms with E-state index in [0.717, 1.165) is 62.9 Å². The lowest BCUT2D eigenvalue weighted by molar-refractivity contribution is -0.131. The van der Waals surface area contributed by atoms with E-state index in [2.05, 4.69) is 63.3 Å². The number of hydrogen-bond donors (Lipinski definition) is 3. The molecule has 8 bridgehead atoms. The number of allylic oxidation sites excluding steroid dienone is 1. The van der Waals surface area contributed by atoms with Gasteiger partial charge in [0.15, 0.2) is 0 Å². The number of aryl methyl sites for hydroxylation is 3. The summed E-state index contributed by atoms with van der Waals surface area (Å²) in [6.07, 6.45) is 3.32. The second-order valence-corrected chi connectivity index (χ2v) is 14.2. The molecule has 5 rings (SSSR count). The molecule has 0 spiro atoms. The van der Waals surface area contributed by atoms with E-state index in [1.165, 1.54) is 0 Å². The Morgan fingerprint density at radius 2 is 1.51 bits per heavy atom. The van der Waals surface area contributed by atoms with Crippen LogP contribution in [0.4, 0.5) is 0 Å². The molecule has 296 valence electrons. The number of aromatic amines is 2. The van der Waals surface area contributed by atoms with E-state index in [1.807, 2.05) is 12.1 Å². The van der Waals surface area contributed by atoms with Crippen molar-refractivity contribution in [1.82, 2.24) is 24.8 Å². The van der Waals surface area contributed by atoms with E-state index in [0.29, 0.717) is 75.3 Å². The molecule has 2 aliphatic heterocycles. The maximum atomic E-state index is 14.0. The zero-order valence-electron chi connectivity index (χ0n) is 33.7. The van der Waals surface area contributed by atoms with Gasteiger partial charge in [0.05, 0.1) is 75.3 Å². The summed E-state index contributed by atoms with van der Waals surface area (Å²) in [6, 6.07) is 6.13. The van der Waals surface area contributed by atoms with Gasteiger partial charge in [-0.15, -0.1) is 0 Å². The number of carboxylic acid groups (broad SMARTS) is 1. The first-order valence-electron chi connectivity index (χ1n) is 19.2. The molecule has 3 aromatic rings. The number of aromatic nitrogens is 4. The Balaban J connectivity index is 1.59. The Hall–Kier alpha value is -4.62. The largest absolute Gasteiger partial charge is 0.478 e. The zero-order chi connectivity index (χ0) is 39.8. The van der Waals surface area contributed by atoms with Crippen molar-refractivity contribution >= 4 is 51.2 Å². The minimum atomic E-state index is -1.10. The van der Waals surface area contributed by atoms with Gasteiger partial charge in [0.1, 0.15) is 0 Å². The Morgan fingerprint density at radius 3 is 2.13 bits per heavy atom. The molecule has 12 nitrogen and oxygen atoms in total. The highest BCUT2D eigenvalue weighted by Crippen LogP contribution is 2.43. The van der Waals surface area contributed by atoms with Gasteiger partial charge in [-0.2, -0.15) is 0 Å². The number of rotatable bonds is 18. The second-order valence-electron chi connectivity index (χ2n) is 14.2. The third-order valence-corrected chi connectivity index (χ3v) is 10.9. The van der Waals surface area contributed by atoms with Crippen LogP contribution in [-0.2, 0) is 41.4 Å². The number of hydrogen-bond acceptors (Lipinski definition) is 8. The Bertz CT molecular complexity index is 2100. The van der Waals surface area contributed by atoms with E-state index in [1.54, 1.807) is 26.0 Å². The van der Waals surface area contributed by atoms with Crippen molar-refractivity contribution in [2.45, 2.75) is 72.6 Å². The lowest BCUT2D eigenvalue weighted by Gasteiger charge is -2.20. The highest BCUT2D eigenvalue weighted by Gasteiger charge is 2.35. The molecule has 0 fully saturated rings. The van der Waals surface area contributed by atoms with Gasteiger partial charge >= 0.3 is 5.97 Å². The zero-order valence-corrected chi connectivity index (χ0v) is 33.7. The molecule has 2 atom stereocenters. The van der Waals surface area contributed by atoms with Crippen LogP contribution in [0.25, 0.3) is 39.3 Å². The number of nitrogens with one attached hydrogen (secondary N) is 2. The van der Waals surface area contributed by atoms with Crippen LogP contribution < -0.4 is 0 Å². The third-order valence-electron chi connectivity index (χ3n) is 10.9. The molecule has 3 aromatic heterocycles. The third kappa shape index (κ3) is 9.10. The first-order valence-corrected chi connectivity index (χ1v) is 19.2. The van der Waals surface area contributed by atoms with Crippen molar-refractivity contribution < 1.29 is 33.6 Å². The Kier molecular flexibility index (Phi) is 14.2. The Labute approximate surface area is 324 Å². The fraction of sp³-hybridized carbons (Fsp3) is 0.488. The molecule has 3 N–H and O–H groups in total. The summed E-state index contributed by atoms with van der Waals surface area (Å²) in [7, 11) is 3.36. The van der Waals surface area contributed by atoms with Crippen LogP contribution in [0.1, 0.15) is 96.5 Å². The summed E-state index contributed by atoms with van der Waals surface area (Å²) in [5, 5.41) is 10.7. The molecule has 0 aliphatic carbocycles. The topological polar surface area (TPSA) is 152 Å². The lowest BCUT2D eigenvalue weighted by atomic mass is 9.85. The number of aliphatic carboxylic acids is 1. The molecule has 1 amide bonds. The molecule has 55 heavy (non-hydrogen) atoms. The van der Waals surface area contributed by atoms with Crippen LogP contribution >= 0.6 is 0 Å². The summed E-state index contributed by atoms with van der Waals surface area (Å²) in [6.45, 7) is 19.9. The summed E-state index contributed by atoms with van der Waals surface area (Å²) in [5.74, 6) is -1.34. The van der Waals surface area contributed by atoms with Crippen LogP contribution in [-0.4, -0.2) is 109 Å². The highest BCUT2D eigenvalue weighted by atomic mass is 16.6. The number of carbonyl (C=O) groups excluding carboxylic acids is 1. The normalized spacial score (nSPS) is 15.5. The average Bonchev–Trinajstić information content (AvgIpc) is 3.85. The van der Waals surface area contributed by atoms with E-state index >= 15 is 0 Å². The summed E-state index contributed by atoms with van der Waals surface area (Å²) in [4.78, 5) is 46.3. The summed E-state index contributed by atoms with van der Waals surface area (Å²) < 4.78 is 21.7. The molecule has 0 saturated carbocycles.